The number of amides is 2. The average molecular weight is 460 g/mol. The highest BCUT2D eigenvalue weighted by atomic mass is 35.5. The summed E-state index contributed by atoms with van der Waals surface area (Å²) in [5.41, 5.74) is 0.959. The topological polar surface area (TPSA) is 87.8 Å². The van der Waals surface area contributed by atoms with Gasteiger partial charge in [-0.1, -0.05) is 35.3 Å². The quantitative estimate of drug-likeness (QED) is 0.467. The number of rotatable bonds is 4. The van der Waals surface area contributed by atoms with Gasteiger partial charge in [0.1, 0.15) is 11.5 Å². The Hall–Kier alpha value is -3.00. The fraction of sp³-hybridized carbons (Fsp3) is 0. The van der Waals surface area contributed by atoms with E-state index in [0.29, 0.717) is 27.8 Å². The van der Waals surface area contributed by atoms with Gasteiger partial charge >= 0.3 is 5.97 Å². The number of benzene rings is 2. The van der Waals surface area contributed by atoms with Crippen LogP contribution in [0.3, 0.4) is 0 Å². The van der Waals surface area contributed by atoms with Crippen LogP contribution in [0.4, 0.5) is 10.5 Å². The van der Waals surface area contributed by atoms with Crippen molar-refractivity contribution in [2.24, 2.45) is 0 Å². The van der Waals surface area contributed by atoms with E-state index in [9.17, 15) is 14.4 Å². The molecular weight excluding hydrogens is 449 g/mol. The zero-order valence-electron chi connectivity index (χ0n) is 15.0. The standard InChI is InChI=1S/C21H11Cl2NO5S/c22-12-2-1-3-13(9-12)24-19(25)18(30-21(24)28)10-14-5-7-17(29-14)11-4-6-15(20(26)27)16(23)8-11/h1-10H,(H,26,27)/b18-10+. The van der Waals surface area contributed by atoms with Crippen molar-refractivity contribution in [2.45, 2.75) is 0 Å². The molecular formula is C21H11Cl2NO5S. The molecule has 1 aliphatic heterocycles. The summed E-state index contributed by atoms with van der Waals surface area (Å²) in [6, 6.07) is 14.2. The molecule has 3 aromatic rings. The molecule has 6 nitrogen and oxygen atoms in total. The SMILES string of the molecule is O=C(O)c1ccc(-c2ccc(/C=C3/SC(=O)N(c4cccc(Cl)c4)C3=O)o2)cc1Cl. The number of thioether (sulfide) groups is 1. The van der Waals surface area contributed by atoms with Crippen molar-refractivity contribution in [1.82, 2.24) is 0 Å². The first-order valence-electron chi connectivity index (χ1n) is 8.50. The largest absolute Gasteiger partial charge is 0.478 e. The lowest BCUT2D eigenvalue weighted by Crippen LogP contribution is -2.27. The third-order valence-electron chi connectivity index (χ3n) is 4.24. The van der Waals surface area contributed by atoms with Gasteiger partial charge in [0, 0.05) is 16.7 Å². The number of hydrogen-bond acceptors (Lipinski definition) is 5. The monoisotopic (exact) mass is 459 g/mol. The van der Waals surface area contributed by atoms with Crippen LogP contribution in [-0.2, 0) is 4.79 Å². The number of imide groups is 1. The van der Waals surface area contributed by atoms with Crippen molar-refractivity contribution in [3.05, 3.63) is 80.9 Å². The third-order valence-corrected chi connectivity index (χ3v) is 5.66. The van der Waals surface area contributed by atoms with Gasteiger partial charge in [0.25, 0.3) is 11.1 Å². The van der Waals surface area contributed by atoms with E-state index in [2.05, 4.69) is 0 Å². The van der Waals surface area contributed by atoms with Gasteiger partial charge in [-0.25, -0.2) is 9.69 Å². The Balaban J connectivity index is 1.60. The Labute approximate surface area is 184 Å². The molecule has 1 saturated heterocycles. The van der Waals surface area contributed by atoms with Gasteiger partial charge in [-0.3, -0.25) is 9.59 Å². The Morgan fingerprint density at radius 1 is 1.07 bits per heavy atom. The van der Waals surface area contributed by atoms with Crippen molar-refractivity contribution in [1.29, 1.82) is 0 Å². The molecule has 0 bridgehead atoms. The molecule has 4 rings (SSSR count). The number of carboxylic acid groups (broad SMARTS) is 1. The molecule has 1 aliphatic rings. The van der Waals surface area contributed by atoms with Crippen LogP contribution in [-0.4, -0.2) is 22.2 Å². The normalized spacial score (nSPS) is 15.3. The van der Waals surface area contributed by atoms with Crippen LogP contribution < -0.4 is 4.90 Å². The number of carbonyl (C=O) groups is 3. The molecule has 1 N–H and O–H groups in total. The zero-order chi connectivity index (χ0) is 21.4. The Morgan fingerprint density at radius 2 is 1.87 bits per heavy atom. The highest BCUT2D eigenvalue weighted by molar-refractivity contribution is 8.19. The van der Waals surface area contributed by atoms with Crippen molar-refractivity contribution in [3.63, 3.8) is 0 Å². The smallest absolute Gasteiger partial charge is 0.337 e. The summed E-state index contributed by atoms with van der Waals surface area (Å²) in [4.78, 5) is 37.4. The third kappa shape index (κ3) is 3.87. The fourth-order valence-corrected chi connectivity index (χ4v) is 4.13. The lowest BCUT2D eigenvalue weighted by Gasteiger charge is -2.12. The van der Waals surface area contributed by atoms with Crippen molar-refractivity contribution in [3.8, 4) is 11.3 Å². The lowest BCUT2D eigenvalue weighted by molar-refractivity contribution is -0.113. The summed E-state index contributed by atoms with van der Waals surface area (Å²) >= 11 is 12.8. The molecule has 0 saturated carbocycles. The number of carboxylic acids is 1. The van der Waals surface area contributed by atoms with Gasteiger partial charge in [0.2, 0.25) is 0 Å². The van der Waals surface area contributed by atoms with E-state index in [1.54, 1.807) is 36.4 Å². The highest BCUT2D eigenvalue weighted by Crippen LogP contribution is 2.37. The summed E-state index contributed by atoms with van der Waals surface area (Å²) in [5.74, 6) is -0.796. The van der Waals surface area contributed by atoms with Crippen LogP contribution in [0.15, 0.2) is 63.9 Å². The number of halogens is 2. The van der Waals surface area contributed by atoms with Gasteiger partial charge < -0.3 is 9.52 Å². The maximum absolute atomic E-state index is 12.7. The van der Waals surface area contributed by atoms with Gasteiger partial charge in [-0.2, -0.15) is 0 Å². The van der Waals surface area contributed by atoms with Crippen LogP contribution in [0.25, 0.3) is 17.4 Å². The van der Waals surface area contributed by atoms with Crippen LogP contribution in [0, 0.1) is 0 Å². The minimum atomic E-state index is -1.12. The van der Waals surface area contributed by atoms with Gasteiger partial charge in [-0.05, 0) is 54.2 Å². The van der Waals surface area contributed by atoms with Crippen LogP contribution in [0.1, 0.15) is 16.1 Å². The number of anilines is 1. The number of carbonyl (C=O) groups excluding carboxylic acids is 2. The molecule has 1 fully saturated rings. The highest BCUT2D eigenvalue weighted by Gasteiger charge is 2.36. The first-order chi connectivity index (χ1) is 14.3. The van der Waals surface area contributed by atoms with Crippen LogP contribution in [0.5, 0.6) is 0 Å². The van der Waals surface area contributed by atoms with Gasteiger partial charge in [0.15, 0.2) is 0 Å². The van der Waals surface area contributed by atoms with Crippen LogP contribution >= 0.6 is 35.0 Å². The lowest BCUT2D eigenvalue weighted by atomic mass is 10.1. The number of furan rings is 1. The van der Waals surface area contributed by atoms with E-state index in [-0.39, 0.29) is 15.5 Å². The predicted octanol–water partition coefficient (Wildman–Crippen LogP) is 6.19. The summed E-state index contributed by atoms with van der Waals surface area (Å²) in [5, 5.41) is 9.13. The summed E-state index contributed by atoms with van der Waals surface area (Å²) < 4.78 is 5.73. The summed E-state index contributed by atoms with van der Waals surface area (Å²) in [7, 11) is 0. The first kappa shape index (κ1) is 20.3. The summed E-state index contributed by atoms with van der Waals surface area (Å²) in [6.07, 6.45) is 1.48. The number of nitrogens with zero attached hydrogens (tertiary/aromatic N) is 1. The predicted molar refractivity (Wildman–Crippen MR) is 116 cm³/mol. The van der Waals surface area contributed by atoms with E-state index in [1.165, 1.54) is 24.3 Å². The van der Waals surface area contributed by atoms with E-state index in [1.807, 2.05) is 0 Å². The second-order valence-electron chi connectivity index (χ2n) is 6.20. The number of hydrogen-bond donors (Lipinski definition) is 1. The molecule has 1 aromatic heterocycles. The zero-order valence-corrected chi connectivity index (χ0v) is 17.3. The Morgan fingerprint density at radius 3 is 2.57 bits per heavy atom. The molecule has 0 aliphatic carbocycles. The Bertz CT molecular complexity index is 1230. The molecule has 150 valence electrons. The van der Waals surface area contributed by atoms with E-state index in [0.717, 1.165) is 16.7 Å². The molecule has 2 heterocycles. The van der Waals surface area contributed by atoms with Crippen LogP contribution in [0.2, 0.25) is 10.0 Å². The van der Waals surface area contributed by atoms with E-state index < -0.39 is 17.1 Å². The van der Waals surface area contributed by atoms with E-state index >= 15 is 0 Å². The number of aromatic carboxylic acids is 1. The summed E-state index contributed by atoms with van der Waals surface area (Å²) in [6.45, 7) is 0. The average Bonchev–Trinajstić information content (AvgIpc) is 3.26. The van der Waals surface area contributed by atoms with Gasteiger partial charge in [-0.15, -0.1) is 0 Å². The molecule has 2 amide bonds. The Kier molecular flexibility index (Phi) is 5.42. The minimum absolute atomic E-state index is 0.0121. The minimum Gasteiger partial charge on any atom is -0.478 e. The van der Waals surface area contributed by atoms with Gasteiger partial charge in [0.05, 0.1) is 21.2 Å². The van der Waals surface area contributed by atoms with Crippen molar-refractivity contribution >= 4 is 63.8 Å². The maximum Gasteiger partial charge on any atom is 0.337 e. The van der Waals surface area contributed by atoms with E-state index in [4.69, 9.17) is 32.7 Å². The first-order valence-corrected chi connectivity index (χ1v) is 10.1. The molecule has 0 radical (unpaired) electrons. The maximum atomic E-state index is 12.7. The molecule has 0 atom stereocenters. The van der Waals surface area contributed by atoms with Crippen molar-refractivity contribution < 1.29 is 23.9 Å². The molecule has 0 unspecified atom stereocenters. The second kappa shape index (κ2) is 8.02. The molecule has 9 heteroatoms. The molecule has 0 spiro atoms. The molecule has 2 aromatic carbocycles. The molecule has 30 heavy (non-hydrogen) atoms. The second-order valence-corrected chi connectivity index (χ2v) is 8.04. The fourth-order valence-electron chi connectivity index (χ4n) is 2.86. The van der Waals surface area contributed by atoms with Crippen molar-refractivity contribution in [2.75, 3.05) is 4.90 Å².